The maximum Gasteiger partial charge on any atom is 0.349 e. The standard InChI is InChI=1S/C22H18N2O3S/c1-14-6-8-16(9-7-14)18-10-11-28-21(18)22(26)27-13-17-12-20(25)24-15(2)4-3-5-19(24)23-17/h3-12H,13H2,1-2H3. The Kier molecular flexibility index (Phi) is 4.79. The molecule has 6 heteroatoms. The molecule has 0 saturated heterocycles. The molecule has 3 aromatic heterocycles. The van der Waals surface area contributed by atoms with Crippen LogP contribution in [-0.4, -0.2) is 15.4 Å². The summed E-state index contributed by atoms with van der Waals surface area (Å²) in [5.41, 5.74) is 4.55. The maximum atomic E-state index is 12.6. The van der Waals surface area contributed by atoms with Crippen LogP contribution in [-0.2, 0) is 11.3 Å². The summed E-state index contributed by atoms with van der Waals surface area (Å²) in [5.74, 6) is -0.420. The zero-order chi connectivity index (χ0) is 19.7. The monoisotopic (exact) mass is 390 g/mol. The number of hydrogen-bond donors (Lipinski definition) is 0. The lowest BCUT2D eigenvalue weighted by molar-refractivity contribution is 0.0474. The van der Waals surface area contributed by atoms with Gasteiger partial charge in [0, 0.05) is 17.3 Å². The number of aryl methyl sites for hydroxylation is 2. The number of ether oxygens (including phenoxy) is 1. The van der Waals surface area contributed by atoms with Gasteiger partial charge in [-0.05, 0) is 43.0 Å². The molecule has 0 fully saturated rings. The van der Waals surface area contributed by atoms with Gasteiger partial charge in [-0.25, -0.2) is 9.78 Å². The highest BCUT2D eigenvalue weighted by Crippen LogP contribution is 2.29. The summed E-state index contributed by atoms with van der Waals surface area (Å²) in [4.78, 5) is 29.9. The summed E-state index contributed by atoms with van der Waals surface area (Å²) >= 11 is 1.34. The van der Waals surface area contributed by atoms with Gasteiger partial charge in [0.05, 0.1) is 5.69 Å². The van der Waals surface area contributed by atoms with Crippen molar-refractivity contribution in [1.82, 2.24) is 9.38 Å². The molecule has 5 nitrogen and oxygen atoms in total. The lowest BCUT2D eigenvalue weighted by Crippen LogP contribution is -2.18. The van der Waals surface area contributed by atoms with Crippen LogP contribution in [0.2, 0.25) is 0 Å². The lowest BCUT2D eigenvalue weighted by Gasteiger charge is -2.08. The molecule has 0 spiro atoms. The van der Waals surface area contributed by atoms with Crippen LogP contribution in [0, 0.1) is 13.8 Å². The molecule has 0 saturated carbocycles. The van der Waals surface area contributed by atoms with Crippen molar-refractivity contribution in [2.75, 3.05) is 0 Å². The van der Waals surface area contributed by atoms with Crippen molar-refractivity contribution in [2.24, 2.45) is 0 Å². The number of esters is 1. The minimum Gasteiger partial charge on any atom is -0.455 e. The molecular weight excluding hydrogens is 372 g/mol. The summed E-state index contributed by atoms with van der Waals surface area (Å²) in [6, 6.07) is 16.8. The summed E-state index contributed by atoms with van der Waals surface area (Å²) in [6.07, 6.45) is 0. The van der Waals surface area contributed by atoms with E-state index in [-0.39, 0.29) is 12.2 Å². The number of fused-ring (bicyclic) bond motifs is 1. The van der Waals surface area contributed by atoms with Gasteiger partial charge in [0.1, 0.15) is 17.1 Å². The second-order valence-corrected chi connectivity index (χ2v) is 7.47. The SMILES string of the molecule is Cc1ccc(-c2ccsc2C(=O)OCc2cc(=O)n3c(C)cccc3n2)cc1. The van der Waals surface area contributed by atoms with E-state index >= 15 is 0 Å². The van der Waals surface area contributed by atoms with Gasteiger partial charge in [-0.3, -0.25) is 9.20 Å². The highest BCUT2D eigenvalue weighted by atomic mass is 32.1. The Morgan fingerprint density at radius 3 is 2.68 bits per heavy atom. The number of hydrogen-bond acceptors (Lipinski definition) is 5. The first kappa shape index (κ1) is 18.1. The van der Waals surface area contributed by atoms with E-state index in [1.54, 1.807) is 6.07 Å². The van der Waals surface area contributed by atoms with Gasteiger partial charge in [0.15, 0.2) is 0 Å². The number of aromatic nitrogens is 2. The summed E-state index contributed by atoms with van der Waals surface area (Å²) in [7, 11) is 0. The molecule has 0 radical (unpaired) electrons. The molecule has 4 rings (SSSR count). The van der Waals surface area contributed by atoms with Crippen molar-refractivity contribution in [3.63, 3.8) is 0 Å². The number of pyridine rings is 1. The number of thiophene rings is 1. The molecule has 0 bridgehead atoms. The Morgan fingerprint density at radius 1 is 1.11 bits per heavy atom. The topological polar surface area (TPSA) is 60.7 Å². The number of nitrogens with zero attached hydrogens (tertiary/aromatic N) is 2. The van der Waals surface area contributed by atoms with Crippen molar-refractivity contribution >= 4 is 23.0 Å². The molecule has 0 atom stereocenters. The number of carbonyl (C=O) groups is 1. The van der Waals surface area contributed by atoms with Gasteiger partial charge in [-0.1, -0.05) is 35.9 Å². The van der Waals surface area contributed by atoms with Crippen molar-refractivity contribution in [1.29, 1.82) is 0 Å². The van der Waals surface area contributed by atoms with E-state index in [4.69, 9.17) is 4.74 Å². The molecule has 0 amide bonds. The predicted molar refractivity (Wildman–Crippen MR) is 110 cm³/mol. The normalized spacial score (nSPS) is 10.9. The van der Waals surface area contributed by atoms with Crippen LogP contribution in [0.4, 0.5) is 0 Å². The molecule has 0 N–H and O–H groups in total. The van der Waals surface area contributed by atoms with E-state index in [9.17, 15) is 9.59 Å². The van der Waals surface area contributed by atoms with Gasteiger partial charge in [0.2, 0.25) is 0 Å². The van der Waals surface area contributed by atoms with Crippen LogP contribution < -0.4 is 5.56 Å². The second kappa shape index (κ2) is 7.40. The molecular formula is C22H18N2O3S. The molecule has 1 aromatic carbocycles. The fourth-order valence-corrected chi connectivity index (χ4v) is 3.88. The minimum absolute atomic E-state index is 0.0518. The van der Waals surface area contributed by atoms with Crippen LogP contribution in [0.15, 0.2) is 64.8 Å². The van der Waals surface area contributed by atoms with Gasteiger partial charge in [-0.2, -0.15) is 0 Å². The Balaban J connectivity index is 1.56. The van der Waals surface area contributed by atoms with Gasteiger partial charge < -0.3 is 4.74 Å². The van der Waals surface area contributed by atoms with Crippen LogP contribution >= 0.6 is 11.3 Å². The summed E-state index contributed by atoms with van der Waals surface area (Å²) < 4.78 is 6.98. The third-order valence-corrected chi connectivity index (χ3v) is 5.39. The van der Waals surface area contributed by atoms with Gasteiger partial charge in [-0.15, -0.1) is 11.3 Å². The van der Waals surface area contributed by atoms with Crippen molar-refractivity contribution in [2.45, 2.75) is 20.5 Å². The number of carbonyl (C=O) groups excluding carboxylic acids is 1. The van der Waals surface area contributed by atoms with Crippen molar-refractivity contribution in [3.8, 4) is 11.1 Å². The van der Waals surface area contributed by atoms with Gasteiger partial charge in [0.25, 0.3) is 5.56 Å². The van der Waals surface area contributed by atoms with Crippen LogP contribution in [0.25, 0.3) is 16.8 Å². The average molecular weight is 390 g/mol. The van der Waals surface area contributed by atoms with E-state index in [2.05, 4.69) is 4.98 Å². The Bertz CT molecular complexity index is 1220. The second-order valence-electron chi connectivity index (χ2n) is 6.55. The highest BCUT2D eigenvalue weighted by molar-refractivity contribution is 7.12. The summed E-state index contributed by atoms with van der Waals surface area (Å²) in [6.45, 7) is 3.82. The summed E-state index contributed by atoms with van der Waals surface area (Å²) in [5, 5.41) is 1.87. The van der Waals surface area contributed by atoms with E-state index in [1.165, 1.54) is 21.8 Å². The predicted octanol–water partition coefficient (Wildman–Crippen LogP) is 4.40. The van der Waals surface area contributed by atoms with Crippen LogP contribution in [0.5, 0.6) is 0 Å². The zero-order valence-corrected chi connectivity index (χ0v) is 16.3. The first-order valence-corrected chi connectivity index (χ1v) is 9.71. The largest absolute Gasteiger partial charge is 0.455 e. The van der Waals surface area contributed by atoms with E-state index in [0.717, 1.165) is 22.4 Å². The van der Waals surface area contributed by atoms with Crippen LogP contribution in [0.1, 0.15) is 26.6 Å². The Labute approximate surface area is 165 Å². The molecule has 28 heavy (non-hydrogen) atoms. The minimum atomic E-state index is -0.420. The molecule has 3 heterocycles. The zero-order valence-electron chi connectivity index (χ0n) is 15.5. The van der Waals surface area contributed by atoms with Crippen molar-refractivity contribution < 1.29 is 9.53 Å². The fraction of sp³-hybridized carbons (Fsp3) is 0.136. The van der Waals surface area contributed by atoms with E-state index < -0.39 is 5.97 Å². The maximum absolute atomic E-state index is 12.6. The highest BCUT2D eigenvalue weighted by Gasteiger charge is 2.17. The van der Waals surface area contributed by atoms with E-state index in [1.807, 2.05) is 61.7 Å². The smallest absolute Gasteiger partial charge is 0.349 e. The molecule has 0 aliphatic rings. The lowest BCUT2D eigenvalue weighted by atomic mass is 10.1. The third kappa shape index (κ3) is 3.46. The first-order chi connectivity index (χ1) is 13.5. The Hall–Kier alpha value is -3.25. The third-order valence-electron chi connectivity index (χ3n) is 4.50. The van der Waals surface area contributed by atoms with Gasteiger partial charge >= 0.3 is 5.97 Å². The first-order valence-electron chi connectivity index (χ1n) is 8.83. The molecule has 4 aromatic rings. The average Bonchev–Trinajstić information content (AvgIpc) is 3.16. The van der Waals surface area contributed by atoms with E-state index in [0.29, 0.717) is 16.2 Å². The van der Waals surface area contributed by atoms with Crippen molar-refractivity contribution in [3.05, 3.63) is 92.2 Å². The Morgan fingerprint density at radius 2 is 1.89 bits per heavy atom. The molecule has 140 valence electrons. The number of benzene rings is 1. The molecule has 0 unspecified atom stereocenters. The van der Waals surface area contributed by atoms with Crippen LogP contribution in [0.3, 0.4) is 0 Å². The quantitative estimate of drug-likeness (QED) is 0.485. The molecule has 0 aliphatic carbocycles. The fourth-order valence-electron chi connectivity index (χ4n) is 3.07. The molecule has 0 aliphatic heterocycles. The number of rotatable bonds is 4.